The van der Waals surface area contributed by atoms with E-state index in [-0.39, 0.29) is 6.61 Å². The van der Waals surface area contributed by atoms with Crippen LogP contribution in [0.4, 0.5) is 0 Å². The SMILES string of the molecule is CCC(CC)c1nnc2n1CC(CO)CC2. The van der Waals surface area contributed by atoms with Gasteiger partial charge in [-0.2, -0.15) is 0 Å². The Kier molecular flexibility index (Phi) is 3.59. The van der Waals surface area contributed by atoms with Crippen molar-refractivity contribution in [3.63, 3.8) is 0 Å². The van der Waals surface area contributed by atoms with E-state index < -0.39 is 0 Å². The molecule has 2 rings (SSSR count). The van der Waals surface area contributed by atoms with E-state index in [1.807, 2.05) is 0 Å². The molecule has 90 valence electrons. The summed E-state index contributed by atoms with van der Waals surface area (Å²) in [6.45, 7) is 5.56. The molecule has 0 fully saturated rings. The zero-order chi connectivity index (χ0) is 11.5. The molecule has 4 heteroatoms. The summed E-state index contributed by atoms with van der Waals surface area (Å²) in [5.41, 5.74) is 0. The first-order valence-electron chi connectivity index (χ1n) is 6.32. The number of aliphatic hydroxyl groups excluding tert-OH is 1. The van der Waals surface area contributed by atoms with E-state index in [9.17, 15) is 5.11 Å². The molecule has 1 aliphatic rings. The van der Waals surface area contributed by atoms with Crippen molar-refractivity contribution in [1.29, 1.82) is 0 Å². The van der Waals surface area contributed by atoms with Crippen molar-refractivity contribution in [1.82, 2.24) is 14.8 Å². The second-order valence-electron chi connectivity index (χ2n) is 4.69. The van der Waals surface area contributed by atoms with Crippen LogP contribution in [0.3, 0.4) is 0 Å². The van der Waals surface area contributed by atoms with E-state index in [0.717, 1.165) is 43.9 Å². The Labute approximate surface area is 96.7 Å². The Balaban J connectivity index is 2.25. The summed E-state index contributed by atoms with van der Waals surface area (Å²) in [6, 6.07) is 0. The van der Waals surface area contributed by atoms with Crippen LogP contribution in [0.1, 0.15) is 50.7 Å². The van der Waals surface area contributed by atoms with E-state index in [0.29, 0.717) is 11.8 Å². The molecule has 1 unspecified atom stereocenters. The summed E-state index contributed by atoms with van der Waals surface area (Å²) < 4.78 is 2.24. The Hall–Kier alpha value is -0.900. The number of aliphatic hydroxyl groups is 1. The number of hydrogen-bond donors (Lipinski definition) is 1. The highest BCUT2D eigenvalue weighted by Gasteiger charge is 2.24. The van der Waals surface area contributed by atoms with Crippen LogP contribution < -0.4 is 0 Å². The fourth-order valence-electron chi connectivity index (χ4n) is 2.52. The summed E-state index contributed by atoms with van der Waals surface area (Å²) in [5, 5.41) is 17.9. The van der Waals surface area contributed by atoms with Crippen LogP contribution in [0.25, 0.3) is 0 Å². The molecule has 1 atom stereocenters. The lowest BCUT2D eigenvalue weighted by atomic mass is 9.98. The Morgan fingerprint density at radius 1 is 1.38 bits per heavy atom. The molecular formula is C12H21N3O. The number of fused-ring (bicyclic) bond motifs is 1. The standard InChI is InChI=1S/C12H21N3O/c1-3-10(4-2)12-14-13-11-6-5-9(8-16)7-15(11)12/h9-10,16H,3-8H2,1-2H3. The second kappa shape index (κ2) is 4.95. The van der Waals surface area contributed by atoms with E-state index in [4.69, 9.17) is 0 Å². The number of aromatic nitrogens is 3. The summed E-state index contributed by atoms with van der Waals surface area (Å²) in [4.78, 5) is 0. The molecule has 0 aromatic carbocycles. The second-order valence-corrected chi connectivity index (χ2v) is 4.69. The molecule has 1 N–H and O–H groups in total. The lowest BCUT2D eigenvalue weighted by molar-refractivity contribution is 0.188. The van der Waals surface area contributed by atoms with Crippen LogP contribution >= 0.6 is 0 Å². The quantitative estimate of drug-likeness (QED) is 0.845. The summed E-state index contributed by atoms with van der Waals surface area (Å²) >= 11 is 0. The molecule has 1 aromatic rings. The molecule has 0 amide bonds. The van der Waals surface area contributed by atoms with Gasteiger partial charge in [0, 0.05) is 31.4 Å². The Bertz CT molecular complexity index is 344. The van der Waals surface area contributed by atoms with Gasteiger partial charge in [0.1, 0.15) is 11.6 Å². The van der Waals surface area contributed by atoms with E-state index in [1.165, 1.54) is 0 Å². The van der Waals surface area contributed by atoms with Crippen LogP contribution in [0.5, 0.6) is 0 Å². The minimum Gasteiger partial charge on any atom is -0.396 e. The predicted octanol–water partition coefficient (Wildman–Crippen LogP) is 1.74. The molecule has 0 spiro atoms. The van der Waals surface area contributed by atoms with Gasteiger partial charge in [-0.3, -0.25) is 0 Å². The molecular weight excluding hydrogens is 202 g/mol. The van der Waals surface area contributed by atoms with Crippen LogP contribution in [-0.4, -0.2) is 26.5 Å². The minimum atomic E-state index is 0.278. The lowest BCUT2D eigenvalue weighted by Gasteiger charge is -2.24. The maximum Gasteiger partial charge on any atom is 0.136 e. The van der Waals surface area contributed by atoms with Crippen LogP contribution in [-0.2, 0) is 13.0 Å². The van der Waals surface area contributed by atoms with Crippen molar-refractivity contribution in [3.05, 3.63) is 11.6 Å². The molecule has 0 aliphatic carbocycles. The third-order valence-corrected chi connectivity index (χ3v) is 3.68. The van der Waals surface area contributed by atoms with Crippen LogP contribution in [0.2, 0.25) is 0 Å². The van der Waals surface area contributed by atoms with Gasteiger partial charge in [-0.1, -0.05) is 13.8 Å². The average Bonchev–Trinajstić information content (AvgIpc) is 2.74. The first-order valence-corrected chi connectivity index (χ1v) is 6.32. The van der Waals surface area contributed by atoms with Crippen molar-refractivity contribution in [3.8, 4) is 0 Å². The molecule has 0 radical (unpaired) electrons. The highest BCUT2D eigenvalue weighted by atomic mass is 16.3. The maximum atomic E-state index is 9.24. The molecule has 1 aromatic heterocycles. The molecule has 1 aliphatic heterocycles. The third kappa shape index (κ3) is 1.98. The molecule has 4 nitrogen and oxygen atoms in total. The summed E-state index contributed by atoms with van der Waals surface area (Å²) in [6.07, 6.45) is 4.22. The average molecular weight is 223 g/mol. The number of aryl methyl sites for hydroxylation is 1. The van der Waals surface area contributed by atoms with E-state index in [1.54, 1.807) is 0 Å². The molecule has 0 bridgehead atoms. The minimum absolute atomic E-state index is 0.278. The third-order valence-electron chi connectivity index (χ3n) is 3.68. The van der Waals surface area contributed by atoms with Crippen LogP contribution in [0.15, 0.2) is 0 Å². The predicted molar refractivity (Wildman–Crippen MR) is 62.2 cm³/mol. The lowest BCUT2D eigenvalue weighted by Crippen LogP contribution is -2.25. The van der Waals surface area contributed by atoms with Crippen LogP contribution in [0, 0.1) is 5.92 Å². The topological polar surface area (TPSA) is 50.9 Å². The van der Waals surface area contributed by atoms with Crippen molar-refractivity contribution in [2.24, 2.45) is 5.92 Å². The summed E-state index contributed by atoms with van der Waals surface area (Å²) in [7, 11) is 0. The fourth-order valence-corrected chi connectivity index (χ4v) is 2.52. The van der Waals surface area contributed by atoms with Gasteiger partial charge in [-0.05, 0) is 19.3 Å². The molecule has 16 heavy (non-hydrogen) atoms. The van der Waals surface area contributed by atoms with Gasteiger partial charge in [0.05, 0.1) is 0 Å². The van der Waals surface area contributed by atoms with Crippen molar-refractivity contribution in [2.75, 3.05) is 6.61 Å². The van der Waals surface area contributed by atoms with Gasteiger partial charge in [-0.15, -0.1) is 10.2 Å². The summed E-state index contributed by atoms with van der Waals surface area (Å²) in [5.74, 6) is 3.13. The van der Waals surface area contributed by atoms with Crippen molar-refractivity contribution < 1.29 is 5.11 Å². The van der Waals surface area contributed by atoms with Gasteiger partial charge in [-0.25, -0.2) is 0 Å². The number of nitrogens with zero attached hydrogens (tertiary/aromatic N) is 3. The van der Waals surface area contributed by atoms with Gasteiger partial charge in [0.15, 0.2) is 0 Å². The first-order chi connectivity index (χ1) is 7.80. The highest BCUT2D eigenvalue weighted by molar-refractivity contribution is 5.04. The van der Waals surface area contributed by atoms with E-state index in [2.05, 4.69) is 28.6 Å². The van der Waals surface area contributed by atoms with Crippen molar-refractivity contribution >= 4 is 0 Å². The van der Waals surface area contributed by atoms with Gasteiger partial charge in [0.25, 0.3) is 0 Å². The largest absolute Gasteiger partial charge is 0.396 e. The van der Waals surface area contributed by atoms with Gasteiger partial charge < -0.3 is 9.67 Å². The van der Waals surface area contributed by atoms with E-state index >= 15 is 0 Å². The van der Waals surface area contributed by atoms with Crippen molar-refractivity contribution in [2.45, 2.75) is 52.0 Å². The number of hydrogen-bond acceptors (Lipinski definition) is 3. The Morgan fingerprint density at radius 3 is 2.75 bits per heavy atom. The van der Waals surface area contributed by atoms with Gasteiger partial charge in [0.2, 0.25) is 0 Å². The maximum absolute atomic E-state index is 9.24. The van der Waals surface area contributed by atoms with Gasteiger partial charge >= 0.3 is 0 Å². The highest BCUT2D eigenvalue weighted by Crippen LogP contribution is 2.26. The molecule has 2 heterocycles. The monoisotopic (exact) mass is 223 g/mol. The normalized spacial score (nSPS) is 20.1. The Morgan fingerprint density at radius 2 is 2.12 bits per heavy atom. The molecule has 0 saturated carbocycles. The molecule has 0 saturated heterocycles. The zero-order valence-electron chi connectivity index (χ0n) is 10.2. The number of rotatable bonds is 4. The zero-order valence-corrected chi connectivity index (χ0v) is 10.2. The smallest absolute Gasteiger partial charge is 0.136 e. The first kappa shape index (κ1) is 11.6. The fraction of sp³-hybridized carbons (Fsp3) is 0.833.